The Morgan fingerprint density at radius 2 is 2.18 bits per heavy atom. The molecule has 0 N–H and O–H groups in total. The van der Waals surface area contributed by atoms with E-state index in [-0.39, 0.29) is 17.3 Å². The van der Waals surface area contributed by atoms with Crippen LogP contribution < -0.4 is 4.90 Å². The molecule has 0 saturated carbocycles. The van der Waals surface area contributed by atoms with Crippen molar-refractivity contribution in [2.24, 2.45) is 0 Å². The molecule has 2 aromatic rings. The van der Waals surface area contributed by atoms with E-state index in [0.717, 1.165) is 16.7 Å². The zero-order valence-corrected chi connectivity index (χ0v) is 12.6. The lowest BCUT2D eigenvalue weighted by Gasteiger charge is -2.20. The zero-order chi connectivity index (χ0) is 15.9. The topological polar surface area (TPSA) is 64.3 Å². The molecule has 0 unspecified atom stereocenters. The average Bonchev–Trinajstić information content (AvgIpc) is 3.15. The Morgan fingerprint density at radius 1 is 1.41 bits per heavy atom. The zero-order valence-electron chi connectivity index (χ0n) is 11.8. The maximum absolute atomic E-state index is 12.7. The van der Waals surface area contributed by atoms with Gasteiger partial charge in [0.15, 0.2) is 10.8 Å². The molecule has 1 fully saturated rings. The predicted octanol–water partition coefficient (Wildman–Crippen LogP) is 2.82. The SMILES string of the molecule is CO[C@H]1C[C@H](c2nnc(C)o2)N(c2nc(C(F)(F)F)cs2)C1. The Bertz CT molecular complexity index is 657. The van der Waals surface area contributed by atoms with Crippen molar-refractivity contribution in [1.82, 2.24) is 15.2 Å². The van der Waals surface area contributed by atoms with Crippen molar-refractivity contribution >= 4 is 16.5 Å². The third-order valence-corrected chi connectivity index (χ3v) is 4.33. The van der Waals surface area contributed by atoms with Gasteiger partial charge in [-0.3, -0.25) is 0 Å². The van der Waals surface area contributed by atoms with Gasteiger partial charge < -0.3 is 14.1 Å². The Kier molecular flexibility index (Phi) is 3.81. The molecule has 120 valence electrons. The summed E-state index contributed by atoms with van der Waals surface area (Å²) in [5, 5.41) is 9.02. The van der Waals surface area contributed by atoms with Gasteiger partial charge in [-0.15, -0.1) is 21.5 Å². The second kappa shape index (κ2) is 5.51. The number of ether oxygens (including phenoxy) is 1. The summed E-state index contributed by atoms with van der Waals surface area (Å²) in [6.07, 6.45) is -4.03. The van der Waals surface area contributed by atoms with Crippen LogP contribution in [0, 0.1) is 6.92 Å². The van der Waals surface area contributed by atoms with Crippen LogP contribution in [0.4, 0.5) is 18.3 Å². The number of halogens is 3. The van der Waals surface area contributed by atoms with Crippen molar-refractivity contribution < 1.29 is 22.3 Å². The molecule has 1 aliphatic rings. The number of methoxy groups -OCH3 is 1. The second-order valence-electron chi connectivity index (χ2n) is 4.93. The highest BCUT2D eigenvalue weighted by molar-refractivity contribution is 7.13. The number of anilines is 1. The smallest absolute Gasteiger partial charge is 0.423 e. The number of nitrogens with zero attached hydrogens (tertiary/aromatic N) is 4. The fraction of sp³-hybridized carbons (Fsp3) is 0.583. The van der Waals surface area contributed by atoms with Crippen LogP contribution in [-0.4, -0.2) is 34.9 Å². The molecular weight excluding hydrogens is 321 g/mol. The third-order valence-electron chi connectivity index (χ3n) is 3.45. The van der Waals surface area contributed by atoms with E-state index in [1.54, 1.807) is 18.9 Å². The van der Waals surface area contributed by atoms with Crippen molar-refractivity contribution in [2.75, 3.05) is 18.6 Å². The summed E-state index contributed by atoms with van der Waals surface area (Å²) in [5.41, 5.74) is -0.895. The van der Waals surface area contributed by atoms with Crippen molar-refractivity contribution in [3.05, 3.63) is 22.9 Å². The summed E-state index contributed by atoms with van der Waals surface area (Å²) in [6.45, 7) is 2.09. The van der Waals surface area contributed by atoms with Gasteiger partial charge >= 0.3 is 6.18 Å². The van der Waals surface area contributed by atoms with Crippen LogP contribution in [0.1, 0.15) is 29.9 Å². The minimum atomic E-state index is -4.45. The van der Waals surface area contributed by atoms with E-state index in [4.69, 9.17) is 9.15 Å². The molecule has 0 aromatic carbocycles. The number of hydrogen-bond acceptors (Lipinski definition) is 7. The minimum Gasteiger partial charge on any atom is -0.423 e. The monoisotopic (exact) mass is 334 g/mol. The first kappa shape index (κ1) is 15.2. The van der Waals surface area contributed by atoms with E-state index in [2.05, 4.69) is 15.2 Å². The molecule has 1 saturated heterocycles. The van der Waals surface area contributed by atoms with Crippen LogP contribution in [0.25, 0.3) is 0 Å². The first-order valence-electron chi connectivity index (χ1n) is 6.50. The molecule has 10 heteroatoms. The summed E-state index contributed by atoms with van der Waals surface area (Å²) in [5.74, 6) is 0.770. The molecule has 0 aliphatic carbocycles. The van der Waals surface area contributed by atoms with Crippen LogP contribution in [-0.2, 0) is 10.9 Å². The number of aromatic nitrogens is 3. The summed E-state index contributed by atoms with van der Waals surface area (Å²) in [7, 11) is 1.56. The average molecular weight is 334 g/mol. The summed E-state index contributed by atoms with van der Waals surface area (Å²) >= 11 is 0.941. The van der Waals surface area contributed by atoms with Crippen LogP contribution >= 0.6 is 11.3 Å². The maximum atomic E-state index is 12.7. The predicted molar refractivity (Wildman–Crippen MR) is 71.7 cm³/mol. The number of aryl methyl sites for hydroxylation is 1. The normalized spacial score (nSPS) is 22.5. The third kappa shape index (κ3) is 2.80. The second-order valence-corrected chi connectivity index (χ2v) is 5.77. The van der Waals surface area contributed by atoms with Gasteiger partial charge in [-0.1, -0.05) is 0 Å². The Morgan fingerprint density at radius 3 is 2.73 bits per heavy atom. The van der Waals surface area contributed by atoms with Crippen LogP contribution in [0.3, 0.4) is 0 Å². The fourth-order valence-electron chi connectivity index (χ4n) is 2.39. The molecule has 6 nitrogen and oxygen atoms in total. The first-order valence-corrected chi connectivity index (χ1v) is 7.38. The molecule has 1 aliphatic heterocycles. The van der Waals surface area contributed by atoms with Crippen LogP contribution in [0.2, 0.25) is 0 Å². The van der Waals surface area contributed by atoms with Gasteiger partial charge in [0.2, 0.25) is 11.8 Å². The van der Waals surface area contributed by atoms with E-state index in [9.17, 15) is 13.2 Å². The molecule has 3 heterocycles. The quantitative estimate of drug-likeness (QED) is 0.860. The molecule has 0 bridgehead atoms. The van der Waals surface area contributed by atoms with E-state index < -0.39 is 11.9 Å². The molecule has 2 atom stereocenters. The van der Waals surface area contributed by atoms with Gasteiger partial charge in [-0.2, -0.15) is 13.2 Å². The lowest BCUT2D eigenvalue weighted by Crippen LogP contribution is -2.25. The Hall–Kier alpha value is -1.68. The van der Waals surface area contributed by atoms with Crippen LogP contribution in [0.15, 0.2) is 9.80 Å². The van der Waals surface area contributed by atoms with E-state index in [1.807, 2.05) is 0 Å². The number of rotatable bonds is 3. The highest BCUT2D eigenvalue weighted by Gasteiger charge is 2.40. The number of alkyl halides is 3. The van der Waals surface area contributed by atoms with Gasteiger partial charge in [0.1, 0.15) is 6.04 Å². The molecule has 0 amide bonds. The molecule has 22 heavy (non-hydrogen) atoms. The summed E-state index contributed by atoms with van der Waals surface area (Å²) in [6, 6.07) is -0.335. The van der Waals surface area contributed by atoms with E-state index >= 15 is 0 Å². The van der Waals surface area contributed by atoms with E-state index in [0.29, 0.717) is 24.7 Å². The molecule has 0 spiro atoms. The first-order chi connectivity index (χ1) is 10.4. The minimum absolute atomic E-state index is 0.129. The van der Waals surface area contributed by atoms with Crippen molar-refractivity contribution in [3.63, 3.8) is 0 Å². The summed E-state index contributed by atoms with van der Waals surface area (Å²) in [4.78, 5) is 5.41. The maximum Gasteiger partial charge on any atom is 0.434 e. The summed E-state index contributed by atoms with van der Waals surface area (Å²) < 4.78 is 48.9. The van der Waals surface area contributed by atoms with Crippen molar-refractivity contribution in [2.45, 2.75) is 31.7 Å². The van der Waals surface area contributed by atoms with Gasteiger partial charge in [0.05, 0.1) is 6.10 Å². The Labute approximate surface area is 127 Å². The van der Waals surface area contributed by atoms with Gasteiger partial charge in [-0.05, 0) is 0 Å². The molecule has 0 radical (unpaired) electrons. The Balaban J connectivity index is 1.91. The van der Waals surface area contributed by atoms with Crippen molar-refractivity contribution in [3.8, 4) is 0 Å². The lowest BCUT2D eigenvalue weighted by atomic mass is 10.2. The van der Waals surface area contributed by atoms with Crippen molar-refractivity contribution in [1.29, 1.82) is 0 Å². The molecule has 3 rings (SSSR count). The highest BCUT2D eigenvalue weighted by Crippen LogP contribution is 2.40. The number of hydrogen-bond donors (Lipinski definition) is 0. The molecule has 2 aromatic heterocycles. The van der Waals surface area contributed by atoms with Gasteiger partial charge in [0, 0.05) is 32.4 Å². The fourth-order valence-corrected chi connectivity index (χ4v) is 3.28. The van der Waals surface area contributed by atoms with Gasteiger partial charge in [-0.25, -0.2) is 4.98 Å². The lowest BCUT2D eigenvalue weighted by molar-refractivity contribution is -0.140. The van der Waals surface area contributed by atoms with Gasteiger partial charge in [0.25, 0.3) is 0 Å². The molecular formula is C12H13F3N4O2S. The largest absolute Gasteiger partial charge is 0.434 e. The number of thiazole rings is 1. The van der Waals surface area contributed by atoms with Crippen LogP contribution in [0.5, 0.6) is 0 Å². The van der Waals surface area contributed by atoms with E-state index in [1.165, 1.54) is 0 Å². The standard InChI is InChI=1S/C12H13F3N4O2S/c1-6-17-18-10(21-6)8-3-7(20-2)4-19(8)11-16-9(5-22-11)12(13,14)15/h5,7-8H,3-4H2,1-2H3/t7-,8+/m0/s1. The highest BCUT2D eigenvalue weighted by atomic mass is 32.1.